The molecule has 0 atom stereocenters. The highest BCUT2D eigenvalue weighted by atomic mass is 35.5. The molecule has 3 aromatic rings. The first-order valence-electron chi connectivity index (χ1n) is 9.82. The Morgan fingerprint density at radius 3 is 2.34 bits per heavy atom. The van der Waals surface area contributed by atoms with Gasteiger partial charge in [0.25, 0.3) is 0 Å². The third-order valence-corrected chi connectivity index (χ3v) is 5.72. The van der Waals surface area contributed by atoms with Crippen LogP contribution in [0.15, 0.2) is 54.6 Å². The molecule has 0 radical (unpaired) electrons. The van der Waals surface area contributed by atoms with Crippen LogP contribution in [0.25, 0.3) is 17.2 Å². The Balaban J connectivity index is 1.36. The second-order valence-electron chi connectivity index (χ2n) is 7.28. The number of amides is 1. The molecule has 0 unspecified atom stereocenters. The van der Waals surface area contributed by atoms with Crippen molar-refractivity contribution in [3.05, 3.63) is 82.1 Å². The Hall–Kier alpha value is -3.26. The third-order valence-electron chi connectivity index (χ3n) is 5.27. The monoisotopic (exact) mass is 461 g/mol. The Labute approximate surface area is 187 Å². The van der Waals surface area contributed by atoms with E-state index in [0.717, 1.165) is 26.9 Å². The topological polar surface area (TPSA) is 56.2 Å². The van der Waals surface area contributed by atoms with E-state index in [-0.39, 0.29) is 29.8 Å². The second kappa shape index (κ2) is 8.70. The Bertz CT molecular complexity index is 1140. The largest absolute Gasteiger partial charge is 0.449 e. The molecule has 9 heteroatoms. The zero-order valence-corrected chi connectivity index (χ0v) is 17.7. The van der Waals surface area contributed by atoms with Gasteiger partial charge in [-0.2, -0.15) is 18.3 Å². The maximum atomic E-state index is 13.1. The number of nitrogens with one attached hydrogen (secondary N) is 1. The first-order chi connectivity index (χ1) is 15.3. The summed E-state index contributed by atoms with van der Waals surface area (Å²) in [5.74, 6) is -0.0766. The molecule has 4 rings (SSSR count). The summed E-state index contributed by atoms with van der Waals surface area (Å²) < 4.78 is 45.6. The smallest absolute Gasteiger partial charge is 0.435 e. The SMILES string of the molecule is Cn1nc(C(F)(F)F)c(C=CCNC(=O)OCC2c3ccccc3-c3ccccc32)c1Cl. The van der Waals surface area contributed by atoms with E-state index in [1.165, 1.54) is 19.2 Å². The molecule has 0 aliphatic heterocycles. The van der Waals surface area contributed by atoms with Crippen molar-refractivity contribution in [1.29, 1.82) is 0 Å². The van der Waals surface area contributed by atoms with Gasteiger partial charge in [-0.15, -0.1) is 0 Å². The molecule has 0 fully saturated rings. The molecule has 1 aliphatic rings. The van der Waals surface area contributed by atoms with E-state index in [2.05, 4.69) is 10.4 Å². The second-order valence-corrected chi connectivity index (χ2v) is 7.64. The number of nitrogens with zero attached hydrogens (tertiary/aromatic N) is 2. The highest BCUT2D eigenvalue weighted by Gasteiger charge is 2.38. The lowest BCUT2D eigenvalue weighted by Gasteiger charge is -2.14. The van der Waals surface area contributed by atoms with Crippen LogP contribution in [0.1, 0.15) is 28.3 Å². The summed E-state index contributed by atoms with van der Waals surface area (Å²) in [5, 5.41) is 5.77. The average Bonchev–Trinajstić information content (AvgIpc) is 3.24. The minimum absolute atomic E-state index is 0.0286. The van der Waals surface area contributed by atoms with Crippen LogP contribution in [-0.2, 0) is 18.0 Å². The van der Waals surface area contributed by atoms with Gasteiger partial charge in [0.1, 0.15) is 11.8 Å². The molecule has 0 saturated heterocycles. The van der Waals surface area contributed by atoms with Crippen LogP contribution in [0.3, 0.4) is 0 Å². The number of aryl methyl sites for hydroxylation is 1. The molecule has 5 nitrogen and oxygen atoms in total. The number of alkyl halides is 3. The van der Waals surface area contributed by atoms with Crippen LogP contribution >= 0.6 is 11.6 Å². The number of rotatable bonds is 5. The standard InChI is InChI=1S/C23H19ClF3N3O2/c1-30-21(24)18(20(29-30)23(25,26)27)11-6-12-28-22(31)32-13-19-16-9-4-2-7-14(16)15-8-3-5-10-17(15)19/h2-11,19H,12-13H2,1H3,(H,28,31). The minimum atomic E-state index is -4.63. The van der Waals surface area contributed by atoms with E-state index in [0.29, 0.717) is 0 Å². The molecule has 2 aromatic carbocycles. The van der Waals surface area contributed by atoms with Crippen molar-refractivity contribution < 1.29 is 22.7 Å². The van der Waals surface area contributed by atoms with Crippen molar-refractivity contribution in [2.45, 2.75) is 12.1 Å². The summed E-state index contributed by atoms with van der Waals surface area (Å²) in [5.41, 5.74) is 3.08. The summed E-state index contributed by atoms with van der Waals surface area (Å²) in [4.78, 5) is 12.1. The van der Waals surface area contributed by atoms with Crippen LogP contribution in [0.4, 0.5) is 18.0 Å². The van der Waals surface area contributed by atoms with E-state index in [1.807, 2.05) is 48.5 Å². The molecule has 32 heavy (non-hydrogen) atoms. The highest BCUT2D eigenvalue weighted by Crippen LogP contribution is 2.44. The lowest BCUT2D eigenvalue weighted by molar-refractivity contribution is -0.141. The van der Waals surface area contributed by atoms with Gasteiger partial charge in [-0.05, 0) is 22.3 Å². The van der Waals surface area contributed by atoms with Crippen molar-refractivity contribution in [2.75, 3.05) is 13.2 Å². The van der Waals surface area contributed by atoms with Crippen molar-refractivity contribution >= 4 is 23.8 Å². The molecular formula is C23H19ClF3N3O2. The normalized spacial score (nSPS) is 13.3. The number of alkyl carbamates (subject to hydrolysis) is 1. The quantitative estimate of drug-likeness (QED) is 0.534. The lowest BCUT2D eigenvalue weighted by atomic mass is 9.98. The van der Waals surface area contributed by atoms with Gasteiger partial charge in [0.2, 0.25) is 0 Å². The van der Waals surface area contributed by atoms with Crippen LogP contribution in [-0.4, -0.2) is 29.0 Å². The zero-order chi connectivity index (χ0) is 22.9. The van der Waals surface area contributed by atoms with Crippen LogP contribution in [0.5, 0.6) is 0 Å². The Morgan fingerprint density at radius 1 is 1.16 bits per heavy atom. The molecular weight excluding hydrogens is 443 g/mol. The number of hydrogen-bond acceptors (Lipinski definition) is 3. The number of hydrogen-bond donors (Lipinski definition) is 1. The fraction of sp³-hybridized carbons (Fsp3) is 0.217. The number of ether oxygens (including phenoxy) is 1. The summed E-state index contributed by atoms with van der Waals surface area (Å²) in [7, 11) is 1.32. The molecule has 1 N–H and O–H groups in total. The molecule has 0 spiro atoms. The van der Waals surface area contributed by atoms with Gasteiger partial charge < -0.3 is 10.1 Å². The summed E-state index contributed by atoms with van der Waals surface area (Å²) in [6.45, 7) is 0.120. The van der Waals surface area contributed by atoms with Crippen molar-refractivity contribution in [2.24, 2.45) is 7.05 Å². The van der Waals surface area contributed by atoms with Crippen molar-refractivity contribution in [3.63, 3.8) is 0 Å². The molecule has 1 aliphatic carbocycles. The van der Waals surface area contributed by atoms with Crippen LogP contribution in [0.2, 0.25) is 5.15 Å². The summed E-state index contributed by atoms with van der Waals surface area (Å²) in [6, 6.07) is 15.9. The van der Waals surface area contributed by atoms with Gasteiger partial charge in [0.05, 0.1) is 0 Å². The summed E-state index contributed by atoms with van der Waals surface area (Å²) in [6.07, 6.45) is -2.75. The molecule has 0 saturated carbocycles. The van der Waals surface area contributed by atoms with Gasteiger partial charge in [-0.3, -0.25) is 4.68 Å². The number of carbonyl (C=O) groups is 1. The fourth-order valence-electron chi connectivity index (χ4n) is 3.85. The number of halogens is 4. The van der Waals surface area contributed by atoms with E-state index in [1.54, 1.807) is 0 Å². The van der Waals surface area contributed by atoms with Gasteiger partial charge in [-0.25, -0.2) is 4.79 Å². The molecule has 1 amide bonds. The maximum absolute atomic E-state index is 13.1. The molecule has 0 bridgehead atoms. The first-order valence-corrected chi connectivity index (χ1v) is 10.2. The number of fused-ring (bicyclic) bond motifs is 3. The van der Waals surface area contributed by atoms with Crippen LogP contribution < -0.4 is 5.32 Å². The minimum Gasteiger partial charge on any atom is -0.449 e. The molecule has 1 aromatic heterocycles. The highest BCUT2D eigenvalue weighted by molar-refractivity contribution is 6.31. The predicted octanol–water partition coefficient (Wildman–Crippen LogP) is 5.64. The number of carbonyl (C=O) groups excluding carboxylic acids is 1. The summed E-state index contributed by atoms with van der Waals surface area (Å²) >= 11 is 5.90. The van der Waals surface area contributed by atoms with E-state index in [4.69, 9.17) is 16.3 Å². The van der Waals surface area contributed by atoms with Gasteiger partial charge >= 0.3 is 12.3 Å². The fourth-order valence-corrected chi connectivity index (χ4v) is 4.04. The van der Waals surface area contributed by atoms with Gasteiger partial charge in [0, 0.05) is 25.1 Å². The molecule has 1 heterocycles. The van der Waals surface area contributed by atoms with Gasteiger partial charge in [0.15, 0.2) is 5.69 Å². The Kier molecular flexibility index (Phi) is 5.97. The third kappa shape index (κ3) is 4.23. The predicted molar refractivity (Wildman–Crippen MR) is 115 cm³/mol. The average molecular weight is 462 g/mol. The Morgan fingerprint density at radius 2 is 1.75 bits per heavy atom. The number of aromatic nitrogens is 2. The van der Waals surface area contributed by atoms with E-state index < -0.39 is 18.0 Å². The van der Waals surface area contributed by atoms with Crippen LogP contribution in [0, 0.1) is 0 Å². The number of benzene rings is 2. The zero-order valence-electron chi connectivity index (χ0n) is 17.0. The van der Waals surface area contributed by atoms with E-state index >= 15 is 0 Å². The van der Waals surface area contributed by atoms with Crippen molar-refractivity contribution in [1.82, 2.24) is 15.1 Å². The lowest BCUT2D eigenvalue weighted by Crippen LogP contribution is -2.26. The van der Waals surface area contributed by atoms with E-state index in [9.17, 15) is 18.0 Å². The van der Waals surface area contributed by atoms with Gasteiger partial charge in [-0.1, -0.05) is 72.3 Å². The maximum Gasteiger partial charge on any atom is 0.435 e. The first kappa shape index (κ1) is 22.0. The van der Waals surface area contributed by atoms with Crippen molar-refractivity contribution in [3.8, 4) is 11.1 Å². The molecule has 166 valence electrons.